The molecule has 3 N–H and O–H groups in total. The summed E-state index contributed by atoms with van der Waals surface area (Å²) in [6, 6.07) is 1.25. The van der Waals surface area contributed by atoms with Crippen molar-refractivity contribution in [3.05, 3.63) is 18.0 Å². The van der Waals surface area contributed by atoms with Crippen LogP contribution < -0.4 is 5.73 Å². The van der Waals surface area contributed by atoms with E-state index < -0.39 is 5.97 Å². The number of aromatic nitrogens is 1. The minimum Gasteiger partial charge on any atom is -0.506 e. The number of nitrogens with zero attached hydrogens (tertiary/aromatic N) is 1. The predicted octanol–water partition coefficient (Wildman–Crippen LogP) is 0.935. The largest absolute Gasteiger partial charge is 0.506 e. The van der Waals surface area contributed by atoms with Gasteiger partial charge in [0.2, 0.25) is 0 Å². The first-order chi connectivity index (χ1) is 6.50. The third kappa shape index (κ3) is 2.35. The van der Waals surface area contributed by atoms with E-state index in [2.05, 4.69) is 4.98 Å². The van der Waals surface area contributed by atoms with Crippen LogP contribution in [0.25, 0.3) is 0 Å². The monoisotopic (exact) mass is 196 g/mol. The van der Waals surface area contributed by atoms with Crippen molar-refractivity contribution in [1.29, 1.82) is 0 Å². The van der Waals surface area contributed by atoms with E-state index in [-0.39, 0.29) is 23.2 Å². The Labute approximate surface area is 81.5 Å². The van der Waals surface area contributed by atoms with Crippen LogP contribution in [0.4, 0.5) is 5.69 Å². The van der Waals surface area contributed by atoms with Gasteiger partial charge in [0, 0.05) is 6.07 Å². The number of carbonyl (C=O) groups is 1. The Kier molecular flexibility index (Phi) is 2.91. The van der Waals surface area contributed by atoms with Gasteiger partial charge in [-0.3, -0.25) is 0 Å². The Morgan fingerprint density at radius 1 is 1.64 bits per heavy atom. The van der Waals surface area contributed by atoms with Gasteiger partial charge >= 0.3 is 5.97 Å². The second-order valence-electron chi connectivity index (χ2n) is 3.09. The van der Waals surface area contributed by atoms with Crippen molar-refractivity contribution in [2.45, 2.75) is 20.0 Å². The highest BCUT2D eigenvalue weighted by molar-refractivity contribution is 5.93. The summed E-state index contributed by atoms with van der Waals surface area (Å²) in [5.41, 5.74) is 5.61. The second-order valence-corrected chi connectivity index (χ2v) is 3.09. The summed E-state index contributed by atoms with van der Waals surface area (Å²) in [7, 11) is 0. The number of hydrogen-bond acceptors (Lipinski definition) is 5. The highest BCUT2D eigenvalue weighted by Crippen LogP contribution is 2.16. The molecule has 1 rings (SSSR count). The van der Waals surface area contributed by atoms with Gasteiger partial charge in [0.15, 0.2) is 5.69 Å². The molecule has 0 aliphatic heterocycles. The summed E-state index contributed by atoms with van der Waals surface area (Å²) < 4.78 is 4.89. The molecule has 0 aromatic carbocycles. The van der Waals surface area contributed by atoms with Crippen LogP contribution in [0.5, 0.6) is 5.75 Å². The van der Waals surface area contributed by atoms with E-state index in [1.54, 1.807) is 13.8 Å². The number of nitrogens with two attached hydrogens (primary N) is 1. The summed E-state index contributed by atoms with van der Waals surface area (Å²) in [6.45, 7) is 3.46. The zero-order valence-electron chi connectivity index (χ0n) is 8.02. The molecule has 0 fully saturated rings. The van der Waals surface area contributed by atoms with Crippen molar-refractivity contribution >= 4 is 11.7 Å². The maximum atomic E-state index is 11.3. The number of ether oxygens (including phenoxy) is 1. The topological polar surface area (TPSA) is 85.4 Å². The zero-order chi connectivity index (χ0) is 10.7. The lowest BCUT2D eigenvalue weighted by Crippen LogP contribution is -2.14. The average molecular weight is 196 g/mol. The normalized spacial score (nSPS) is 10.2. The number of carbonyl (C=O) groups excluding carboxylic acids is 1. The minimum atomic E-state index is -0.586. The molecule has 1 aromatic heterocycles. The number of anilines is 1. The average Bonchev–Trinajstić information content (AvgIpc) is 2.01. The second kappa shape index (κ2) is 3.95. The molecule has 14 heavy (non-hydrogen) atoms. The molecule has 0 unspecified atom stereocenters. The van der Waals surface area contributed by atoms with Crippen LogP contribution in [0.3, 0.4) is 0 Å². The smallest absolute Gasteiger partial charge is 0.359 e. The molecule has 0 amide bonds. The highest BCUT2D eigenvalue weighted by atomic mass is 16.5. The van der Waals surface area contributed by atoms with E-state index >= 15 is 0 Å². The molecule has 0 aliphatic carbocycles. The van der Waals surface area contributed by atoms with E-state index in [1.165, 1.54) is 6.07 Å². The van der Waals surface area contributed by atoms with Crippen LogP contribution in [0.2, 0.25) is 0 Å². The third-order valence-corrected chi connectivity index (χ3v) is 1.44. The van der Waals surface area contributed by atoms with Gasteiger partial charge in [-0.25, -0.2) is 9.78 Å². The third-order valence-electron chi connectivity index (χ3n) is 1.44. The highest BCUT2D eigenvalue weighted by Gasteiger charge is 2.14. The number of hydrogen-bond donors (Lipinski definition) is 2. The summed E-state index contributed by atoms with van der Waals surface area (Å²) in [5.74, 6) is -0.666. The lowest BCUT2D eigenvalue weighted by atomic mass is 10.3. The van der Waals surface area contributed by atoms with E-state index in [1.807, 2.05) is 0 Å². The fourth-order valence-electron chi connectivity index (χ4n) is 0.911. The molecule has 0 saturated carbocycles. The Hall–Kier alpha value is -1.78. The SMILES string of the molecule is CC(C)OC(=O)c1ncc(O)cc1N. The Bertz CT molecular complexity index is 350. The van der Waals surface area contributed by atoms with Crippen molar-refractivity contribution in [1.82, 2.24) is 4.98 Å². The molecular formula is C9H12N2O3. The predicted molar refractivity (Wildman–Crippen MR) is 50.9 cm³/mol. The van der Waals surface area contributed by atoms with Crippen molar-refractivity contribution in [2.24, 2.45) is 0 Å². The van der Waals surface area contributed by atoms with Gasteiger partial charge < -0.3 is 15.6 Å². The summed E-state index contributed by atoms with van der Waals surface area (Å²) >= 11 is 0. The molecule has 0 bridgehead atoms. The number of aromatic hydroxyl groups is 1. The van der Waals surface area contributed by atoms with Crippen LogP contribution in [0, 0.1) is 0 Å². The molecular weight excluding hydrogens is 184 g/mol. The van der Waals surface area contributed by atoms with E-state index in [9.17, 15) is 4.79 Å². The van der Waals surface area contributed by atoms with Crippen LogP contribution in [0.1, 0.15) is 24.3 Å². The standard InChI is InChI=1S/C9H12N2O3/c1-5(2)14-9(13)8-7(10)3-6(12)4-11-8/h3-5,12H,10H2,1-2H3. The Morgan fingerprint density at radius 3 is 2.79 bits per heavy atom. The van der Waals surface area contributed by atoms with Gasteiger partial charge in [-0.1, -0.05) is 0 Å². The molecule has 0 aliphatic rings. The van der Waals surface area contributed by atoms with Gasteiger partial charge in [0.25, 0.3) is 0 Å². The van der Waals surface area contributed by atoms with E-state index in [0.717, 1.165) is 6.20 Å². The van der Waals surface area contributed by atoms with Crippen LogP contribution >= 0.6 is 0 Å². The van der Waals surface area contributed by atoms with Crippen molar-refractivity contribution < 1.29 is 14.6 Å². The lowest BCUT2D eigenvalue weighted by Gasteiger charge is -2.08. The van der Waals surface area contributed by atoms with Gasteiger partial charge in [0.1, 0.15) is 5.75 Å². The first-order valence-corrected chi connectivity index (χ1v) is 4.16. The van der Waals surface area contributed by atoms with E-state index in [4.69, 9.17) is 15.6 Å². The molecule has 0 spiro atoms. The number of rotatable bonds is 2. The maximum Gasteiger partial charge on any atom is 0.359 e. The summed E-state index contributed by atoms with van der Waals surface area (Å²) in [6.07, 6.45) is 0.922. The fourth-order valence-corrected chi connectivity index (χ4v) is 0.911. The van der Waals surface area contributed by atoms with Gasteiger partial charge in [-0.2, -0.15) is 0 Å². The van der Waals surface area contributed by atoms with Crippen molar-refractivity contribution in [3.63, 3.8) is 0 Å². The van der Waals surface area contributed by atoms with Crippen LogP contribution in [0.15, 0.2) is 12.3 Å². The summed E-state index contributed by atoms with van der Waals surface area (Å²) in [4.78, 5) is 15.0. The fraction of sp³-hybridized carbons (Fsp3) is 0.333. The first-order valence-electron chi connectivity index (χ1n) is 4.16. The maximum absolute atomic E-state index is 11.3. The van der Waals surface area contributed by atoms with Gasteiger partial charge in [-0.15, -0.1) is 0 Å². The van der Waals surface area contributed by atoms with Gasteiger partial charge in [-0.05, 0) is 13.8 Å². The zero-order valence-corrected chi connectivity index (χ0v) is 8.02. The lowest BCUT2D eigenvalue weighted by molar-refractivity contribution is 0.0372. The number of esters is 1. The molecule has 0 radical (unpaired) electrons. The van der Waals surface area contributed by atoms with E-state index in [0.29, 0.717) is 0 Å². The molecule has 1 aromatic rings. The van der Waals surface area contributed by atoms with Gasteiger partial charge in [0.05, 0.1) is 18.0 Å². The van der Waals surface area contributed by atoms with Crippen molar-refractivity contribution in [3.8, 4) is 5.75 Å². The van der Waals surface area contributed by atoms with Crippen LogP contribution in [-0.4, -0.2) is 22.2 Å². The molecule has 76 valence electrons. The summed E-state index contributed by atoms with van der Waals surface area (Å²) in [5, 5.41) is 9.01. The molecule has 1 heterocycles. The minimum absolute atomic E-state index is 0.0245. The van der Waals surface area contributed by atoms with Crippen molar-refractivity contribution in [2.75, 3.05) is 5.73 Å². The molecule has 0 atom stereocenters. The molecule has 5 heteroatoms. The quantitative estimate of drug-likeness (QED) is 0.687. The Balaban J connectivity index is 2.90. The number of pyridine rings is 1. The Morgan fingerprint density at radius 2 is 2.29 bits per heavy atom. The van der Waals surface area contributed by atoms with Crippen LogP contribution in [-0.2, 0) is 4.74 Å². The number of nitrogen functional groups attached to an aromatic ring is 1. The molecule has 5 nitrogen and oxygen atoms in total. The molecule has 0 saturated heterocycles. The first kappa shape index (κ1) is 10.3.